The zero-order valence-corrected chi connectivity index (χ0v) is 11.7. The van der Waals surface area contributed by atoms with E-state index >= 15 is 0 Å². The Morgan fingerprint density at radius 2 is 1.84 bits per heavy atom. The van der Waals surface area contributed by atoms with E-state index < -0.39 is 0 Å². The Morgan fingerprint density at radius 3 is 2.53 bits per heavy atom. The van der Waals surface area contributed by atoms with Gasteiger partial charge in [0.1, 0.15) is 17.2 Å². The third-order valence-corrected chi connectivity index (χ3v) is 3.15. The maximum absolute atomic E-state index is 9.96. The molecule has 2 nitrogen and oxygen atoms in total. The van der Waals surface area contributed by atoms with E-state index in [4.69, 9.17) is 4.74 Å². The van der Waals surface area contributed by atoms with E-state index in [2.05, 4.69) is 13.0 Å². The number of hydrogen-bond acceptors (Lipinski definition) is 2. The molecule has 2 heteroatoms. The molecule has 0 saturated carbocycles. The predicted octanol–water partition coefficient (Wildman–Crippen LogP) is 4.87. The van der Waals surface area contributed by atoms with Gasteiger partial charge in [-0.05, 0) is 42.2 Å². The molecular weight excluding hydrogens is 236 g/mol. The summed E-state index contributed by atoms with van der Waals surface area (Å²) in [5.74, 6) is 2.04. The number of rotatable bonds is 4. The summed E-state index contributed by atoms with van der Waals surface area (Å²) in [4.78, 5) is 0. The second-order valence-corrected chi connectivity index (χ2v) is 4.95. The second kappa shape index (κ2) is 5.79. The summed E-state index contributed by atoms with van der Waals surface area (Å²) in [7, 11) is 0. The molecule has 2 aromatic rings. The van der Waals surface area contributed by atoms with E-state index in [-0.39, 0.29) is 5.92 Å². The van der Waals surface area contributed by atoms with Crippen molar-refractivity contribution in [3.63, 3.8) is 0 Å². The van der Waals surface area contributed by atoms with Gasteiger partial charge >= 0.3 is 0 Å². The lowest BCUT2D eigenvalue weighted by Gasteiger charge is -2.15. The molecule has 0 atom stereocenters. The molecule has 0 bridgehead atoms. The lowest BCUT2D eigenvalue weighted by atomic mass is 10.0. The van der Waals surface area contributed by atoms with Crippen LogP contribution in [0.4, 0.5) is 0 Å². The van der Waals surface area contributed by atoms with Crippen molar-refractivity contribution in [3.05, 3.63) is 53.6 Å². The molecule has 0 fully saturated rings. The van der Waals surface area contributed by atoms with Gasteiger partial charge in [0.15, 0.2) is 0 Å². The summed E-state index contributed by atoms with van der Waals surface area (Å²) in [6.07, 6.45) is 0.980. The van der Waals surface area contributed by atoms with Crippen LogP contribution < -0.4 is 4.74 Å². The first-order chi connectivity index (χ1) is 9.11. The molecule has 0 aliphatic carbocycles. The van der Waals surface area contributed by atoms with Crippen molar-refractivity contribution >= 4 is 0 Å². The van der Waals surface area contributed by atoms with Crippen LogP contribution in [0.15, 0.2) is 42.5 Å². The molecule has 0 aromatic heterocycles. The summed E-state index contributed by atoms with van der Waals surface area (Å²) in [5.41, 5.74) is 2.09. The molecule has 0 saturated heterocycles. The van der Waals surface area contributed by atoms with Crippen LogP contribution in [0.3, 0.4) is 0 Å². The lowest BCUT2D eigenvalue weighted by Crippen LogP contribution is -1.95. The third kappa shape index (κ3) is 3.08. The average molecular weight is 256 g/mol. The van der Waals surface area contributed by atoms with Gasteiger partial charge in [0.25, 0.3) is 0 Å². The first-order valence-corrected chi connectivity index (χ1v) is 6.70. The minimum absolute atomic E-state index is 0.213. The maximum Gasteiger partial charge on any atom is 0.134 e. The first kappa shape index (κ1) is 13.5. The summed E-state index contributed by atoms with van der Waals surface area (Å²) in [6, 6.07) is 13.4. The van der Waals surface area contributed by atoms with E-state index in [0.29, 0.717) is 5.75 Å². The normalized spacial score (nSPS) is 10.7. The molecule has 0 aliphatic rings. The van der Waals surface area contributed by atoms with E-state index in [9.17, 15) is 5.11 Å². The Labute approximate surface area is 114 Å². The Kier molecular flexibility index (Phi) is 4.10. The molecule has 0 spiro atoms. The topological polar surface area (TPSA) is 29.5 Å². The fourth-order valence-electron chi connectivity index (χ4n) is 2.16. The highest BCUT2D eigenvalue weighted by atomic mass is 16.5. The van der Waals surface area contributed by atoms with Crippen molar-refractivity contribution in [3.8, 4) is 17.2 Å². The number of hydrogen-bond donors (Lipinski definition) is 1. The summed E-state index contributed by atoms with van der Waals surface area (Å²) in [6.45, 7) is 6.21. The molecule has 0 aliphatic heterocycles. The van der Waals surface area contributed by atoms with Crippen LogP contribution in [0.1, 0.15) is 37.8 Å². The van der Waals surface area contributed by atoms with Crippen molar-refractivity contribution in [1.29, 1.82) is 0 Å². The molecule has 0 unspecified atom stereocenters. The molecule has 2 rings (SSSR count). The van der Waals surface area contributed by atoms with E-state index in [1.807, 2.05) is 38.1 Å². The van der Waals surface area contributed by atoms with Gasteiger partial charge in [-0.15, -0.1) is 0 Å². The minimum atomic E-state index is 0.213. The highest BCUT2D eigenvalue weighted by Gasteiger charge is 2.13. The van der Waals surface area contributed by atoms with Gasteiger partial charge in [0.05, 0.1) is 0 Å². The molecule has 2 aromatic carbocycles. The summed E-state index contributed by atoms with van der Waals surface area (Å²) in [5, 5.41) is 9.96. The average Bonchev–Trinajstić information content (AvgIpc) is 2.38. The first-order valence-electron chi connectivity index (χ1n) is 6.70. The number of aromatic hydroxyl groups is 1. The van der Waals surface area contributed by atoms with Crippen LogP contribution in [-0.4, -0.2) is 5.11 Å². The molecule has 100 valence electrons. The lowest BCUT2D eigenvalue weighted by molar-refractivity contribution is 0.438. The SMILES string of the molecule is CCc1cccc(Oc2cccc(O)c2C(C)C)c1. The number of phenolic OH excluding ortho intramolecular Hbond substituents is 1. The predicted molar refractivity (Wildman–Crippen MR) is 78.1 cm³/mol. The summed E-state index contributed by atoms with van der Waals surface area (Å²) >= 11 is 0. The Bertz CT molecular complexity index is 559. The van der Waals surface area contributed by atoms with Crippen molar-refractivity contribution in [1.82, 2.24) is 0 Å². The second-order valence-electron chi connectivity index (χ2n) is 4.95. The Balaban J connectivity index is 2.35. The number of benzene rings is 2. The van der Waals surface area contributed by atoms with Crippen LogP contribution in [0.2, 0.25) is 0 Å². The zero-order valence-electron chi connectivity index (χ0n) is 11.7. The maximum atomic E-state index is 9.96. The number of aryl methyl sites for hydroxylation is 1. The minimum Gasteiger partial charge on any atom is -0.508 e. The zero-order chi connectivity index (χ0) is 13.8. The highest BCUT2D eigenvalue weighted by molar-refractivity contribution is 5.48. The van der Waals surface area contributed by atoms with Gasteiger partial charge in [-0.1, -0.05) is 39.0 Å². The van der Waals surface area contributed by atoms with Gasteiger partial charge < -0.3 is 9.84 Å². The fourth-order valence-corrected chi connectivity index (χ4v) is 2.16. The third-order valence-electron chi connectivity index (χ3n) is 3.15. The van der Waals surface area contributed by atoms with E-state index in [1.165, 1.54) is 5.56 Å². The monoisotopic (exact) mass is 256 g/mol. The molecule has 0 radical (unpaired) electrons. The van der Waals surface area contributed by atoms with Crippen LogP contribution in [0.5, 0.6) is 17.2 Å². The van der Waals surface area contributed by atoms with Gasteiger partial charge in [0.2, 0.25) is 0 Å². The smallest absolute Gasteiger partial charge is 0.134 e. The molecule has 19 heavy (non-hydrogen) atoms. The number of phenols is 1. The van der Waals surface area contributed by atoms with Crippen LogP contribution in [0.25, 0.3) is 0 Å². The van der Waals surface area contributed by atoms with Crippen molar-refractivity contribution in [2.45, 2.75) is 33.1 Å². The quantitative estimate of drug-likeness (QED) is 0.845. The Morgan fingerprint density at radius 1 is 1.11 bits per heavy atom. The highest BCUT2D eigenvalue weighted by Crippen LogP contribution is 2.36. The van der Waals surface area contributed by atoms with Crippen LogP contribution in [0, 0.1) is 0 Å². The van der Waals surface area contributed by atoms with Gasteiger partial charge in [0, 0.05) is 5.56 Å². The van der Waals surface area contributed by atoms with E-state index in [0.717, 1.165) is 23.5 Å². The van der Waals surface area contributed by atoms with E-state index in [1.54, 1.807) is 12.1 Å². The Hall–Kier alpha value is -1.96. The molecule has 1 N–H and O–H groups in total. The number of ether oxygens (including phenoxy) is 1. The van der Waals surface area contributed by atoms with Crippen molar-refractivity contribution < 1.29 is 9.84 Å². The fraction of sp³-hybridized carbons (Fsp3) is 0.294. The summed E-state index contributed by atoms with van der Waals surface area (Å²) < 4.78 is 5.93. The van der Waals surface area contributed by atoms with Crippen LogP contribution >= 0.6 is 0 Å². The van der Waals surface area contributed by atoms with Gasteiger partial charge in [-0.25, -0.2) is 0 Å². The van der Waals surface area contributed by atoms with Gasteiger partial charge in [-0.3, -0.25) is 0 Å². The molecule has 0 heterocycles. The standard InChI is InChI=1S/C17H20O2/c1-4-13-7-5-8-14(11-13)19-16-10-6-9-15(18)17(16)12(2)3/h5-12,18H,4H2,1-3H3. The molecule has 0 amide bonds. The van der Waals surface area contributed by atoms with Crippen molar-refractivity contribution in [2.24, 2.45) is 0 Å². The van der Waals surface area contributed by atoms with Gasteiger partial charge in [-0.2, -0.15) is 0 Å². The van der Waals surface area contributed by atoms with Crippen molar-refractivity contribution in [2.75, 3.05) is 0 Å². The largest absolute Gasteiger partial charge is 0.508 e. The van der Waals surface area contributed by atoms with Crippen LogP contribution in [-0.2, 0) is 6.42 Å². The molecular formula is C17H20O2.